The summed E-state index contributed by atoms with van der Waals surface area (Å²) in [5.41, 5.74) is 1.82. The quantitative estimate of drug-likeness (QED) is 0.631. The molecule has 0 spiro atoms. The normalized spacial score (nSPS) is 12.3. The molecule has 0 radical (unpaired) electrons. The Balaban J connectivity index is 1.77. The first-order valence-electron chi connectivity index (χ1n) is 8.73. The van der Waals surface area contributed by atoms with Crippen LogP contribution in [0.1, 0.15) is 29.2 Å². The molecule has 2 heterocycles. The van der Waals surface area contributed by atoms with Crippen molar-refractivity contribution in [3.05, 3.63) is 47.5 Å². The Morgan fingerprint density at radius 1 is 1.33 bits per heavy atom. The Morgan fingerprint density at radius 2 is 2.15 bits per heavy atom. The Labute approximate surface area is 161 Å². The highest BCUT2D eigenvalue weighted by molar-refractivity contribution is 7.20. The van der Waals surface area contributed by atoms with Crippen molar-refractivity contribution in [3.63, 3.8) is 0 Å². The van der Waals surface area contributed by atoms with Crippen LogP contribution < -0.4 is 5.32 Å². The van der Waals surface area contributed by atoms with Crippen molar-refractivity contribution in [3.8, 4) is 0 Å². The highest BCUT2D eigenvalue weighted by Gasteiger charge is 2.25. The molecule has 7 nitrogen and oxygen atoms in total. The van der Waals surface area contributed by atoms with E-state index < -0.39 is 12.0 Å². The summed E-state index contributed by atoms with van der Waals surface area (Å²) in [6, 6.07) is 4.99. The van der Waals surface area contributed by atoms with Crippen LogP contribution >= 0.6 is 11.3 Å². The molecule has 0 saturated carbocycles. The van der Waals surface area contributed by atoms with Crippen molar-refractivity contribution in [2.45, 2.75) is 33.4 Å². The lowest BCUT2D eigenvalue weighted by molar-refractivity contribution is -0.147. The minimum absolute atomic E-state index is 0.214. The highest BCUT2D eigenvalue weighted by Crippen LogP contribution is 2.24. The third kappa shape index (κ3) is 4.71. The first-order valence-corrected chi connectivity index (χ1v) is 9.55. The molecule has 1 amide bonds. The lowest BCUT2D eigenvalue weighted by atomic mass is 10.2. The number of rotatable bonds is 7. The van der Waals surface area contributed by atoms with Crippen LogP contribution in [0.5, 0.6) is 0 Å². The minimum atomic E-state index is -0.821. The number of carbonyl (C=O) groups excluding carboxylic acids is 2. The summed E-state index contributed by atoms with van der Waals surface area (Å²) < 4.78 is 7.99. The maximum atomic E-state index is 12.7. The predicted molar refractivity (Wildman–Crippen MR) is 104 cm³/mol. The molecule has 0 bridgehead atoms. The maximum Gasteiger partial charge on any atom is 0.330 e. The first kappa shape index (κ1) is 19.0. The van der Waals surface area contributed by atoms with Gasteiger partial charge in [0.15, 0.2) is 5.01 Å². The molecule has 0 fully saturated rings. The van der Waals surface area contributed by atoms with Crippen LogP contribution in [0.3, 0.4) is 0 Å². The molecule has 1 N–H and O–H groups in total. The third-order valence-electron chi connectivity index (χ3n) is 3.92. The SMILES string of the molecule is Cc1cccc2sc(C(=O)NC(Cn3ccnc3)C(=O)OCC(C)C)nc12. The van der Waals surface area contributed by atoms with Gasteiger partial charge in [-0.2, -0.15) is 0 Å². The fourth-order valence-electron chi connectivity index (χ4n) is 2.54. The summed E-state index contributed by atoms with van der Waals surface area (Å²) in [4.78, 5) is 33.6. The van der Waals surface area contributed by atoms with Gasteiger partial charge >= 0.3 is 5.97 Å². The summed E-state index contributed by atoms with van der Waals surface area (Å²) in [6.45, 7) is 6.41. The van der Waals surface area contributed by atoms with Gasteiger partial charge in [-0.3, -0.25) is 4.79 Å². The summed E-state index contributed by atoms with van der Waals surface area (Å²) in [5.74, 6) is -0.643. The molecule has 0 saturated heterocycles. The molecule has 8 heteroatoms. The number of amides is 1. The van der Waals surface area contributed by atoms with Crippen LogP contribution in [-0.4, -0.2) is 39.1 Å². The standard InChI is InChI=1S/C19H22N4O3S/c1-12(2)10-26-19(25)14(9-23-8-7-20-11-23)21-17(24)18-22-16-13(3)5-4-6-15(16)27-18/h4-8,11-12,14H,9-10H2,1-3H3,(H,21,24). The smallest absolute Gasteiger partial charge is 0.330 e. The number of imidazole rings is 1. The van der Waals surface area contributed by atoms with Crippen molar-refractivity contribution in [2.75, 3.05) is 6.61 Å². The van der Waals surface area contributed by atoms with Crippen LogP contribution in [0.4, 0.5) is 0 Å². The Morgan fingerprint density at radius 3 is 2.81 bits per heavy atom. The van der Waals surface area contributed by atoms with Crippen molar-refractivity contribution in [1.82, 2.24) is 19.9 Å². The average molecular weight is 386 g/mol. The summed E-state index contributed by atoms with van der Waals surface area (Å²) in [7, 11) is 0. The number of thiazole rings is 1. The zero-order chi connectivity index (χ0) is 19.4. The molecular weight excluding hydrogens is 364 g/mol. The highest BCUT2D eigenvalue weighted by atomic mass is 32.1. The number of fused-ring (bicyclic) bond motifs is 1. The van der Waals surface area contributed by atoms with Crippen LogP contribution in [0.25, 0.3) is 10.2 Å². The largest absolute Gasteiger partial charge is 0.464 e. The molecular formula is C19H22N4O3S. The molecule has 1 atom stereocenters. The molecule has 0 aliphatic rings. The minimum Gasteiger partial charge on any atom is -0.464 e. The molecule has 27 heavy (non-hydrogen) atoms. The fourth-order valence-corrected chi connectivity index (χ4v) is 3.48. The number of hydrogen-bond donors (Lipinski definition) is 1. The van der Waals surface area contributed by atoms with E-state index in [-0.39, 0.29) is 18.4 Å². The van der Waals surface area contributed by atoms with Crippen LogP contribution in [0.15, 0.2) is 36.9 Å². The van der Waals surface area contributed by atoms with E-state index in [9.17, 15) is 9.59 Å². The molecule has 3 aromatic rings. The molecule has 142 valence electrons. The third-order valence-corrected chi connectivity index (χ3v) is 4.94. The number of aryl methyl sites for hydroxylation is 1. The van der Waals surface area contributed by atoms with Crippen LogP contribution in [0, 0.1) is 12.8 Å². The van der Waals surface area contributed by atoms with E-state index in [0.29, 0.717) is 11.6 Å². The van der Waals surface area contributed by atoms with Gasteiger partial charge in [-0.05, 0) is 24.5 Å². The number of para-hydroxylation sites is 1. The van der Waals surface area contributed by atoms with E-state index in [1.165, 1.54) is 11.3 Å². The number of ether oxygens (including phenoxy) is 1. The van der Waals surface area contributed by atoms with E-state index in [2.05, 4.69) is 15.3 Å². The topological polar surface area (TPSA) is 86.1 Å². The number of benzene rings is 1. The van der Waals surface area contributed by atoms with Gasteiger partial charge in [0.05, 0.1) is 29.7 Å². The summed E-state index contributed by atoms with van der Waals surface area (Å²) in [6.07, 6.45) is 4.94. The Kier molecular flexibility index (Phi) is 5.85. The van der Waals surface area contributed by atoms with Crippen molar-refractivity contribution in [1.29, 1.82) is 0 Å². The molecule has 0 aliphatic heterocycles. The van der Waals surface area contributed by atoms with E-state index in [0.717, 1.165) is 15.8 Å². The molecule has 1 unspecified atom stereocenters. The second kappa shape index (κ2) is 8.30. The zero-order valence-corrected chi connectivity index (χ0v) is 16.3. The summed E-state index contributed by atoms with van der Waals surface area (Å²) in [5, 5.41) is 3.09. The summed E-state index contributed by atoms with van der Waals surface area (Å²) >= 11 is 1.31. The van der Waals surface area contributed by atoms with Gasteiger partial charge in [0.1, 0.15) is 6.04 Å². The molecule has 3 rings (SSSR count). The first-order chi connectivity index (χ1) is 12.9. The van der Waals surface area contributed by atoms with E-state index in [1.54, 1.807) is 23.3 Å². The van der Waals surface area contributed by atoms with Crippen LogP contribution in [0.2, 0.25) is 0 Å². The van der Waals surface area contributed by atoms with Gasteiger partial charge in [0.25, 0.3) is 5.91 Å². The molecule has 1 aromatic carbocycles. The second-order valence-corrected chi connectivity index (χ2v) is 7.78. The monoisotopic (exact) mass is 386 g/mol. The van der Waals surface area contributed by atoms with Crippen molar-refractivity contribution in [2.24, 2.45) is 5.92 Å². The number of aromatic nitrogens is 3. The fraction of sp³-hybridized carbons (Fsp3) is 0.368. The predicted octanol–water partition coefficient (Wildman–Crippen LogP) is 2.80. The maximum absolute atomic E-state index is 12.7. The Bertz CT molecular complexity index is 934. The van der Waals surface area contributed by atoms with Gasteiger partial charge in [0, 0.05) is 12.4 Å². The zero-order valence-electron chi connectivity index (χ0n) is 15.5. The number of esters is 1. The number of nitrogens with zero attached hydrogens (tertiary/aromatic N) is 3. The average Bonchev–Trinajstić information content (AvgIpc) is 3.29. The van der Waals surface area contributed by atoms with Crippen LogP contribution in [-0.2, 0) is 16.1 Å². The van der Waals surface area contributed by atoms with E-state index in [1.807, 2.05) is 39.0 Å². The van der Waals surface area contributed by atoms with Gasteiger partial charge in [-0.15, -0.1) is 11.3 Å². The lowest BCUT2D eigenvalue weighted by Gasteiger charge is -2.18. The van der Waals surface area contributed by atoms with Gasteiger partial charge < -0.3 is 14.6 Å². The number of carbonyl (C=O) groups is 2. The van der Waals surface area contributed by atoms with Crippen molar-refractivity contribution < 1.29 is 14.3 Å². The molecule has 2 aromatic heterocycles. The van der Waals surface area contributed by atoms with E-state index in [4.69, 9.17) is 4.74 Å². The van der Waals surface area contributed by atoms with Gasteiger partial charge in [-0.1, -0.05) is 26.0 Å². The van der Waals surface area contributed by atoms with E-state index >= 15 is 0 Å². The Hall–Kier alpha value is -2.74. The lowest BCUT2D eigenvalue weighted by Crippen LogP contribution is -2.44. The molecule has 0 aliphatic carbocycles. The second-order valence-electron chi connectivity index (χ2n) is 6.75. The number of hydrogen-bond acceptors (Lipinski definition) is 6. The van der Waals surface area contributed by atoms with Gasteiger partial charge in [-0.25, -0.2) is 14.8 Å². The van der Waals surface area contributed by atoms with Gasteiger partial charge in [0.2, 0.25) is 0 Å². The van der Waals surface area contributed by atoms with Crippen molar-refractivity contribution >= 4 is 33.4 Å². The number of nitrogens with one attached hydrogen (secondary N) is 1.